The summed E-state index contributed by atoms with van der Waals surface area (Å²) in [5.74, 6) is -1.14. The van der Waals surface area contributed by atoms with Crippen molar-refractivity contribution >= 4 is 39.2 Å². The molecule has 0 spiro atoms. The molecule has 0 aliphatic heterocycles. The average molecular weight is 1190 g/mol. The first-order valence-corrected chi connectivity index (χ1v) is 26.9. The predicted molar refractivity (Wildman–Crippen MR) is 318 cm³/mol. The summed E-state index contributed by atoms with van der Waals surface area (Å²) in [7, 11) is 0. The zero-order valence-corrected chi connectivity index (χ0v) is 49.8. The van der Waals surface area contributed by atoms with Crippen molar-refractivity contribution in [3.05, 3.63) is 271 Å². The Morgan fingerprint density at radius 3 is 1.00 bits per heavy atom. The standard InChI is InChI=1S/3C12H13N3O.C11H11N3O2.C7H7Br.C7H7N3.Li.H2O/c2*1-9-12(10(2)16)13-14-15(9)8-11-6-4-3-5-7-11;1-9-12(10(2)16)15(14-13-9)8-11-6-4-3-5-7-11;1-8-10(11(15)16)12-13-14(8)7-9-5-3-2-4-6-9;8-6-7-4-2-1-3-5-7;8-10-9-6-7-4-2-1-3-5-7;;/h3*3-7H,8H2,1-2H3;2-6H,7H2,1H3,(H,15,16);1-5H,6H2;1-5H,6H2;;1H2/q;;;;;;+1;/p-1. The van der Waals surface area contributed by atoms with Crippen LogP contribution in [0.5, 0.6) is 0 Å². The van der Waals surface area contributed by atoms with Gasteiger partial charge < -0.3 is 10.6 Å². The van der Waals surface area contributed by atoms with Gasteiger partial charge in [-0.2, -0.15) is 0 Å². The first-order chi connectivity index (χ1) is 39.6. The van der Waals surface area contributed by atoms with Crippen LogP contribution in [0.2, 0.25) is 0 Å². The number of ketones is 3. The van der Waals surface area contributed by atoms with Crippen molar-refractivity contribution in [2.45, 2.75) is 86.5 Å². The Hall–Kier alpha value is -9.29. The number of aromatic nitrogens is 12. The van der Waals surface area contributed by atoms with Gasteiger partial charge in [0.15, 0.2) is 34.4 Å². The van der Waals surface area contributed by atoms with E-state index in [1.165, 1.54) is 26.3 Å². The molecule has 10 rings (SSSR count). The zero-order valence-electron chi connectivity index (χ0n) is 48.2. The Kier molecular flexibility index (Phi) is 30.3. The number of aromatic carboxylic acids is 1. The van der Waals surface area contributed by atoms with Crippen molar-refractivity contribution in [1.82, 2.24) is 60.0 Å². The van der Waals surface area contributed by atoms with E-state index in [9.17, 15) is 19.2 Å². The Balaban J connectivity index is 0.000000267. The summed E-state index contributed by atoms with van der Waals surface area (Å²) in [5, 5.41) is 44.3. The number of carboxylic acids is 1. The smallest absolute Gasteiger partial charge is 0.870 e. The summed E-state index contributed by atoms with van der Waals surface area (Å²) in [5.41, 5.74) is 19.2. The third kappa shape index (κ3) is 22.6. The molecule has 0 aliphatic carbocycles. The van der Waals surface area contributed by atoms with Crippen LogP contribution in [0.4, 0.5) is 0 Å². The summed E-state index contributed by atoms with van der Waals surface area (Å²) in [6.45, 7) is 14.6. The first-order valence-electron chi connectivity index (χ1n) is 25.8. The molecule has 23 heteroatoms. The normalized spacial score (nSPS) is 9.76. The van der Waals surface area contributed by atoms with Gasteiger partial charge >= 0.3 is 24.8 Å². The maximum absolute atomic E-state index is 11.4. The molecule has 0 amide bonds. The molecule has 2 N–H and O–H groups in total. The summed E-state index contributed by atoms with van der Waals surface area (Å²) in [6.07, 6.45) is 0. The second-order valence-corrected chi connectivity index (χ2v) is 18.7. The van der Waals surface area contributed by atoms with Gasteiger partial charge in [-0.05, 0) is 66.6 Å². The van der Waals surface area contributed by atoms with Gasteiger partial charge in [-0.1, -0.05) is 224 Å². The summed E-state index contributed by atoms with van der Waals surface area (Å²) in [6, 6.07) is 59.5. The Labute approximate surface area is 508 Å². The number of carboxylic acid groups (broad SMARTS) is 1. The molecule has 0 atom stereocenters. The number of alkyl halides is 1. The Morgan fingerprint density at radius 2 is 0.738 bits per heavy atom. The van der Waals surface area contributed by atoms with Crippen molar-refractivity contribution in [2.24, 2.45) is 5.11 Å². The van der Waals surface area contributed by atoms with Gasteiger partial charge in [-0.15, -0.1) is 20.4 Å². The topological polar surface area (TPSA) is 290 Å². The third-order valence-corrected chi connectivity index (χ3v) is 12.6. The van der Waals surface area contributed by atoms with Crippen LogP contribution in [0.25, 0.3) is 10.4 Å². The van der Waals surface area contributed by atoms with Crippen molar-refractivity contribution in [2.75, 3.05) is 0 Å². The van der Waals surface area contributed by atoms with Crippen LogP contribution in [0.15, 0.2) is 187 Å². The van der Waals surface area contributed by atoms with Gasteiger partial charge in [0.05, 0.1) is 55.5 Å². The van der Waals surface area contributed by atoms with Crippen molar-refractivity contribution in [3.63, 3.8) is 0 Å². The summed E-state index contributed by atoms with van der Waals surface area (Å²) in [4.78, 5) is 47.3. The molecule has 0 bridgehead atoms. The Morgan fingerprint density at radius 1 is 0.452 bits per heavy atom. The van der Waals surface area contributed by atoms with E-state index in [4.69, 9.17) is 10.6 Å². The number of aryl methyl sites for hydroxylation is 1. The largest absolute Gasteiger partial charge is 1.00 e. The van der Waals surface area contributed by atoms with Crippen molar-refractivity contribution in [1.29, 1.82) is 0 Å². The van der Waals surface area contributed by atoms with Crippen LogP contribution in [0.3, 0.4) is 0 Å². The SMILES string of the molecule is BrCc1ccccc1.CC(=O)c1c(C)nnn1Cc1ccccc1.CC(=O)c1nnn(Cc2ccccc2)c1C.CC(=O)c1nnn(Cc2ccccc2)c1C.Cc1c(C(=O)O)nnn1Cc1ccccc1.[Li+].[N-]=[N+]=NCc1ccccc1.[OH-]. The average Bonchev–Trinajstić information content (AvgIpc) is 4.46. The quantitative estimate of drug-likeness (QED) is 0.0251. The fourth-order valence-corrected chi connectivity index (χ4v) is 7.99. The maximum atomic E-state index is 11.4. The molecule has 0 saturated carbocycles. The molecule has 21 nitrogen and oxygen atoms in total. The van der Waals surface area contributed by atoms with Crippen LogP contribution in [0, 0.1) is 27.7 Å². The molecule has 0 unspecified atom stereocenters. The van der Waals surface area contributed by atoms with Gasteiger partial charge in [-0.25, -0.2) is 23.5 Å². The van der Waals surface area contributed by atoms with E-state index in [1.54, 1.807) is 32.6 Å². The van der Waals surface area contributed by atoms with Crippen LogP contribution in [0.1, 0.15) is 119 Å². The molecule has 10 aromatic rings. The van der Waals surface area contributed by atoms with Gasteiger partial charge in [0.1, 0.15) is 5.69 Å². The minimum Gasteiger partial charge on any atom is -0.870 e. The number of hydrogen-bond acceptors (Lipinski definition) is 14. The number of hydrogen-bond donors (Lipinski definition) is 1. The van der Waals surface area contributed by atoms with E-state index in [0.717, 1.165) is 44.5 Å². The van der Waals surface area contributed by atoms with Gasteiger partial charge in [0.25, 0.3) is 0 Å². The summed E-state index contributed by atoms with van der Waals surface area (Å²) >= 11 is 3.36. The second kappa shape index (κ2) is 36.9. The molecule has 0 radical (unpaired) electrons. The molecule has 428 valence electrons. The second-order valence-electron chi connectivity index (χ2n) is 18.1. The minimum atomic E-state index is -1.04. The number of halogens is 1. The summed E-state index contributed by atoms with van der Waals surface area (Å²) < 4.78 is 6.71. The van der Waals surface area contributed by atoms with Crippen LogP contribution in [-0.4, -0.2) is 93.9 Å². The predicted octanol–water partition coefficient (Wildman–Crippen LogP) is 8.75. The number of azide groups is 1. The number of carbonyl (C=O) groups is 4. The van der Waals surface area contributed by atoms with Gasteiger partial charge in [0, 0.05) is 31.0 Å². The van der Waals surface area contributed by atoms with Gasteiger partial charge in [-0.3, -0.25) is 14.4 Å². The Bertz CT molecular complexity index is 3390. The maximum Gasteiger partial charge on any atom is 1.00 e. The zero-order chi connectivity index (χ0) is 59.2. The number of rotatable bonds is 15. The molecule has 84 heavy (non-hydrogen) atoms. The van der Waals surface area contributed by atoms with Crippen molar-refractivity contribution < 1.29 is 48.6 Å². The molecule has 0 saturated heterocycles. The third-order valence-electron chi connectivity index (χ3n) is 11.9. The van der Waals surface area contributed by atoms with E-state index < -0.39 is 5.97 Å². The molecular weight excluding hydrogens is 1130 g/mol. The molecule has 4 heterocycles. The van der Waals surface area contributed by atoms with E-state index >= 15 is 0 Å². The van der Waals surface area contributed by atoms with Crippen molar-refractivity contribution in [3.8, 4) is 0 Å². The fraction of sp³-hybridized carbons (Fsp3) is 0.213. The van der Waals surface area contributed by atoms with E-state index in [2.05, 4.69) is 79.3 Å². The number of nitrogens with zero attached hydrogens (tertiary/aromatic N) is 15. The first kappa shape index (κ1) is 69.0. The minimum absolute atomic E-state index is 0. The van der Waals surface area contributed by atoms with Crippen LogP contribution < -0.4 is 18.9 Å². The van der Waals surface area contributed by atoms with Crippen LogP contribution in [-0.2, 0) is 38.1 Å². The molecule has 6 aromatic carbocycles. The van der Waals surface area contributed by atoms with Crippen LogP contribution >= 0.6 is 15.9 Å². The number of benzene rings is 6. The monoisotopic (exact) mass is 1190 g/mol. The fourth-order valence-electron chi connectivity index (χ4n) is 7.62. The molecule has 4 aromatic heterocycles. The molecular formula is C61H65BrLiN15O6. The van der Waals surface area contributed by atoms with E-state index in [-0.39, 0.29) is 47.4 Å². The van der Waals surface area contributed by atoms with E-state index in [1.807, 2.05) is 184 Å². The molecule has 0 fully saturated rings. The van der Waals surface area contributed by atoms with E-state index in [0.29, 0.717) is 61.2 Å². The number of Topliss-reactive ketones (excluding diaryl/α,β-unsaturated/α-hetero) is 3. The molecule has 0 aliphatic rings. The number of carbonyl (C=O) groups excluding carboxylic acids is 3. The van der Waals surface area contributed by atoms with Gasteiger partial charge in [0.2, 0.25) is 0 Å².